The standard InChI is InChI=1S/C13H15N/c1-10(2)14-13-9-5-7-11-6-3-4-8-12(11)13/h3-10,14H,1-2H3. The van der Waals surface area contributed by atoms with Crippen LogP contribution in [-0.4, -0.2) is 6.04 Å². The normalized spacial score (nSPS) is 10.8. The summed E-state index contributed by atoms with van der Waals surface area (Å²) in [6.07, 6.45) is 0. The average molecular weight is 185 g/mol. The Labute approximate surface area is 84.8 Å². The van der Waals surface area contributed by atoms with Gasteiger partial charge in [0.15, 0.2) is 0 Å². The molecule has 0 aromatic heterocycles. The Hall–Kier alpha value is -1.50. The second kappa shape index (κ2) is 3.70. The molecule has 1 heteroatoms. The van der Waals surface area contributed by atoms with Gasteiger partial charge in [0.25, 0.3) is 0 Å². The molecule has 0 saturated heterocycles. The first-order chi connectivity index (χ1) is 6.77. The lowest BCUT2D eigenvalue weighted by Gasteiger charge is -2.12. The third-order valence-electron chi connectivity index (χ3n) is 2.23. The van der Waals surface area contributed by atoms with Crippen LogP contribution in [0.15, 0.2) is 42.5 Å². The van der Waals surface area contributed by atoms with Crippen LogP contribution in [-0.2, 0) is 0 Å². The van der Waals surface area contributed by atoms with E-state index in [1.807, 2.05) is 0 Å². The van der Waals surface area contributed by atoms with Crippen molar-refractivity contribution in [2.24, 2.45) is 0 Å². The monoisotopic (exact) mass is 185 g/mol. The fourth-order valence-corrected chi connectivity index (χ4v) is 1.66. The third-order valence-corrected chi connectivity index (χ3v) is 2.23. The summed E-state index contributed by atoms with van der Waals surface area (Å²) in [4.78, 5) is 0. The van der Waals surface area contributed by atoms with Gasteiger partial charge in [0.1, 0.15) is 0 Å². The van der Waals surface area contributed by atoms with Crippen LogP contribution in [0.2, 0.25) is 0 Å². The molecule has 0 unspecified atom stereocenters. The molecule has 0 radical (unpaired) electrons. The van der Waals surface area contributed by atoms with Crippen LogP contribution in [0.25, 0.3) is 10.8 Å². The molecule has 1 nitrogen and oxygen atoms in total. The third kappa shape index (κ3) is 1.72. The van der Waals surface area contributed by atoms with Crippen molar-refractivity contribution < 1.29 is 0 Å². The summed E-state index contributed by atoms with van der Waals surface area (Å²) >= 11 is 0. The SMILES string of the molecule is CC(C)Nc1cccc2ccccc12. The van der Waals surface area contributed by atoms with E-state index in [4.69, 9.17) is 0 Å². The van der Waals surface area contributed by atoms with Crippen molar-refractivity contribution in [3.05, 3.63) is 42.5 Å². The highest BCUT2D eigenvalue weighted by atomic mass is 14.9. The summed E-state index contributed by atoms with van der Waals surface area (Å²) in [5.41, 5.74) is 1.22. The van der Waals surface area contributed by atoms with Crippen LogP contribution in [0, 0.1) is 0 Å². The Morgan fingerprint density at radius 1 is 0.929 bits per heavy atom. The first-order valence-corrected chi connectivity index (χ1v) is 5.01. The zero-order chi connectivity index (χ0) is 9.97. The van der Waals surface area contributed by atoms with Crippen LogP contribution in [0.5, 0.6) is 0 Å². The molecule has 72 valence electrons. The predicted octanol–water partition coefficient (Wildman–Crippen LogP) is 3.66. The van der Waals surface area contributed by atoms with E-state index in [9.17, 15) is 0 Å². The second-order valence-corrected chi connectivity index (χ2v) is 3.83. The molecular formula is C13H15N. The minimum absolute atomic E-state index is 0.473. The van der Waals surface area contributed by atoms with Crippen molar-refractivity contribution >= 4 is 16.5 Å². The van der Waals surface area contributed by atoms with Crippen molar-refractivity contribution in [1.29, 1.82) is 0 Å². The molecule has 0 aliphatic heterocycles. The molecule has 0 saturated carbocycles. The van der Waals surface area contributed by atoms with Gasteiger partial charge < -0.3 is 5.32 Å². The molecule has 0 aliphatic rings. The predicted molar refractivity (Wildman–Crippen MR) is 62.7 cm³/mol. The number of nitrogens with one attached hydrogen (secondary N) is 1. The van der Waals surface area contributed by atoms with Crippen molar-refractivity contribution in [3.63, 3.8) is 0 Å². The molecule has 0 atom stereocenters. The topological polar surface area (TPSA) is 12.0 Å². The van der Waals surface area contributed by atoms with Gasteiger partial charge in [-0.2, -0.15) is 0 Å². The van der Waals surface area contributed by atoms with Gasteiger partial charge in [-0.1, -0.05) is 36.4 Å². The van der Waals surface area contributed by atoms with Crippen molar-refractivity contribution in [2.75, 3.05) is 5.32 Å². The Morgan fingerprint density at radius 3 is 2.43 bits per heavy atom. The van der Waals surface area contributed by atoms with E-state index in [0.29, 0.717) is 6.04 Å². The van der Waals surface area contributed by atoms with Crippen LogP contribution < -0.4 is 5.32 Å². The van der Waals surface area contributed by atoms with Gasteiger partial charge in [-0.3, -0.25) is 0 Å². The Kier molecular flexibility index (Phi) is 2.40. The molecular weight excluding hydrogens is 170 g/mol. The van der Waals surface area contributed by atoms with Crippen LogP contribution in [0.3, 0.4) is 0 Å². The first kappa shape index (κ1) is 9.07. The summed E-state index contributed by atoms with van der Waals surface area (Å²) in [5, 5.41) is 6.03. The maximum absolute atomic E-state index is 3.45. The largest absolute Gasteiger partial charge is 0.382 e. The molecule has 0 bridgehead atoms. The van der Waals surface area contributed by atoms with Crippen LogP contribution >= 0.6 is 0 Å². The molecule has 14 heavy (non-hydrogen) atoms. The lowest BCUT2D eigenvalue weighted by atomic mass is 10.1. The summed E-state index contributed by atoms with van der Waals surface area (Å²) in [6.45, 7) is 4.31. The quantitative estimate of drug-likeness (QED) is 0.752. The van der Waals surface area contributed by atoms with Crippen molar-refractivity contribution in [1.82, 2.24) is 0 Å². The maximum atomic E-state index is 3.45. The zero-order valence-electron chi connectivity index (χ0n) is 8.62. The number of fused-ring (bicyclic) bond motifs is 1. The highest BCUT2D eigenvalue weighted by molar-refractivity contribution is 5.93. The highest BCUT2D eigenvalue weighted by Crippen LogP contribution is 2.23. The van der Waals surface area contributed by atoms with E-state index in [2.05, 4.69) is 61.6 Å². The summed E-state index contributed by atoms with van der Waals surface area (Å²) in [5.74, 6) is 0. The van der Waals surface area contributed by atoms with E-state index in [1.54, 1.807) is 0 Å². The number of benzene rings is 2. The van der Waals surface area contributed by atoms with Crippen molar-refractivity contribution in [2.45, 2.75) is 19.9 Å². The Morgan fingerprint density at radius 2 is 1.64 bits per heavy atom. The van der Waals surface area contributed by atoms with Crippen molar-refractivity contribution in [3.8, 4) is 0 Å². The average Bonchev–Trinajstić information content (AvgIpc) is 2.18. The van der Waals surface area contributed by atoms with E-state index in [-0.39, 0.29) is 0 Å². The summed E-state index contributed by atoms with van der Waals surface area (Å²) < 4.78 is 0. The minimum atomic E-state index is 0.473. The zero-order valence-corrected chi connectivity index (χ0v) is 8.62. The number of hydrogen-bond acceptors (Lipinski definition) is 1. The minimum Gasteiger partial charge on any atom is -0.382 e. The van der Waals surface area contributed by atoms with Crippen LogP contribution in [0.4, 0.5) is 5.69 Å². The highest BCUT2D eigenvalue weighted by Gasteiger charge is 1.99. The Balaban J connectivity index is 2.53. The molecule has 0 amide bonds. The van der Waals surface area contributed by atoms with E-state index < -0.39 is 0 Å². The molecule has 0 spiro atoms. The molecule has 2 aromatic carbocycles. The van der Waals surface area contributed by atoms with Gasteiger partial charge in [0.05, 0.1) is 0 Å². The second-order valence-electron chi connectivity index (χ2n) is 3.83. The first-order valence-electron chi connectivity index (χ1n) is 5.01. The fourth-order valence-electron chi connectivity index (χ4n) is 1.66. The smallest absolute Gasteiger partial charge is 0.0421 e. The molecule has 0 aliphatic carbocycles. The maximum Gasteiger partial charge on any atom is 0.0421 e. The van der Waals surface area contributed by atoms with Gasteiger partial charge in [-0.15, -0.1) is 0 Å². The fraction of sp³-hybridized carbons (Fsp3) is 0.231. The van der Waals surface area contributed by atoms with E-state index in [0.717, 1.165) is 0 Å². The summed E-state index contributed by atoms with van der Waals surface area (Å²) in [7, 11) is 0. The van der Waals surface area contributed by atoms with Gasteiger partial charge in [0.2, 0.25) is 0 Å². The molecule has 2 aromatic rings. The molecule has 0 fully saturated rings. The van der Waals surface area contributed by atoms with Gasteiger partial charge >= 0.3 is 0 Å². The number of hydrogen-bond donors (Lipinski definition) is 1. The number of anilines is 1. The Bertz CT molecular complexity index is 427. The summed E-state index contributed by atoms with van der Waals surface area (Å²) in [6, 6.07) is 15.3. The molecule has 2 rings (SSSR count). The van der Waals surface area contributed by atoms with E-state index in [1.165, 1.54) is 16.5 Å². The lowest BCUT2D eigenvalue weighted by Crippen LogP contribution is -2.09. The van der Waals surface area contributed by atoms with Crippen LogP contribution in [0.1, 0.15) is 13.8 Å². The molecule has 0 heterocycles. The molecule has 1 N–H and O–H groups in total. The van der Waals surface area contributed by atoms with Gasteiger partial charge in [0, 0.05) is 17.1 Å². The van der Waals surface area contributed by atoms with Gasteiger partial charge in [-0.05, 0) is 25.3 Å². The number of rotatable bonds is 2. The lowest BCUT2D eigenvalue weighted by molar-refractivity contribution is 0.902. The van der Waals surface area contributed by atoms with Gasteiger partial charge in [-0.25, -0.2) is 0 Å². The van der Waals surface area contributed by atoms with E-state index >= 15 is 0 Å².